The average Bonchev–Trinajstić information content (AvgIpc) is 2.94. The summed E-state index contributed by atoms with van der Waals surface area (Å²) in [7, 11) is 2.71. The van der Waals surface area contributed by atoms with Gasteiger partial charge in [-0.3, -0.25) is 4.79 Å². The number of para-hydroxylation sites is 1. The summed E-state index contributed by atoms with van der Waals surface area (Å²) in [6.45, 7) is 3.02. The summed E-state index contributed by atoms with van der Waals surface area (Å²) < 4.78 is 26.9. The lowest BCUT2D eigenvalue weighted by atomic mass is 9.95. The molecule has 0 bridgehead atoms. The van der Waals surface area contributed by atoms with Crippen LogP contribution < -0.4 is 30.3 Å². The van der Waals surface area contributed by atoms with Crippen molar-refractivity contribution in [2.45, 2.75) is 19.9 Å². The van der Waals surface area contributed by atoms with E-state index in [1.165, 1.54) is 20.4 Å². The van der Waals surface area contributed by atoms with Crippen LogP contribution in [0.2, 0.25) is 0 Å². The number of esters is 2. The molecule has 0 unspecified atom stereocenters. The first-order valence-electron chi connectivity index (χ1n) is 12.2. The number of benzene rings is 2. The third-order valence-corrected chi connectivity index (χ3v) is 6.38. The highest BCUT2D eigenvalue weighted by molar-refractivity contribution is 9.10. The fourth-order valence-corrected chi connectivity index (χ4v) is 4.60. The van der Waals surface area contributed by atoms with Gasteiger partial charge in [-0.05, 0) is 65.8 Å². The van der Waals surface area contributed by atoms with Crippen LogP contribution >= 0.6 is 28.1 Å². The van der Waals surface area contributed by atoms with Crippen LogP contribution in [0.25, 0.3) is 0 Å². The van der Waals surface area contributed by atoms with E-state index in [0.29, 0.717) is 49.2 Å². The van der Waals surface area contributed by atoms with Crippen LogP contribution in [0.1, 0.15) is 31.0 Å². The number of amides is 1. The van der Waals surface area contributed by atoms with Crippen molar-refractivity contribution in [3.63, 3.8) is 0 Å². The summed E-state index contributed by atoms with van der Waals surface area (Å²) in [6, 6.07) is 9.64. The van der Waals surface area contributed by atoms with Crippen LogP contribution in [0, 0.1) is 0 Å². The predicted molar refractivity (Wildman–Crippen MR) is 157 cm³/mol. The number of rotatable bonds is 12. The summed E-state index contributed by atoms with van der Waals surface area (Å²) >= 11 is 8.67. The number of nitrogens with zero attached hydrogens (tertiary/aromatic N) is 1. The molecule has 1 heterocycles. The third kappa shape index (κ3) is 8.41. The van der Waals surface area contributed by atoms with Gasteiger partial charge in [-0.25, -0.2) is 15.0 Å². The summed E-state index contributed by atoms with van der Waals surface area (Å²) in [5.74, 6) is -0.532. The highest BCUT2D eigenvalue weighted by Crippen LogP contribution is 2.36. The molecule has 0 saturated carbocycles. The molecular weight excluding hydrogens is 620 g/mol. The zero-order valence-electron chi connectivity index (χ0n) is 22.7. The van der Waals surface area contributed by atoms with Crippen LogP contribution in [-0.2, 0) is 23.9 Å². The Hall–Kier alpha value is -4.17. The third-order valence-electron chi connectivity index (χ3n) is 5.57. The maximum atomic E-state index is 12.7. The van der Waals surface area contributed by atoms with E-state index in [1.54, 1.807) is 50.2 Å². The van der Waals surface area contributed by atoms with Gasteiger partial charge in [0.2, 0.25) is 0 Å². The molecule has 2 aromatic rings. The van der Waals surface area contributed by atoms with Gasteiger partial charge < -0.3 is 34.3 Å². The lowest BCUT2D eigenvalue weighted by Crippen LogP contribution is -2.45. The van der Waals surface area contributed by atoms with E-state index in [9.17, 15) is 14.4 Å². The van der Waals surface area contributed by atoms with Crippen molar-refractivity contribution < 1.29 is 38.1 Å². The summed E-state index contributed by atoms with van der Waals surface area (Å²) in [6.07, 6.45) is 1.41. The number of thiocarbonyl (C=S) groups is 1. The van der Waals surface area contributed by atoms with Gasteiger partial charge in [0.25, 0.3) is 5.91 Å². The molecule has 1 aliphatic heterocycles. The Balaban J connectivity index is 1.68. The Bertz CT molecular complexity index is 1380. The van der Waals surface area contributed by atoms with E-state index in [4.69, 9.17) is 31.2 Å². The average molecular weight is 650 g/mol. The Morgan fingerprint density at radius 1 is 1.12 bits per heavy atom. The number of carbonyl (C=O) groups is 3. The molecule has 0 spiro atoms. The quantitative estimate of drug-likeness (QED) is 0.135. The lowest BCUT2D eigenvalue weighted by molar-refractivity contribution is -0.143. The van der Waals surface area contributed by atoms with Gasteiger partial charge in [-0.2, -0.15) is 5.10 Å². The summed E-state index contributed by atoms with van der Waals surface area (Å²) in [4.78, 5) is 36.6. The van der Waals surface area contributed by atoms with Gasteiger partial charge >= 0.3 is 11.9 Å². The van der Waals surface area contributed by atoms with E-state index in [1.807, 2.05) is 0 Å². The molecule has 218 valence electrons. The van der Waals surface area contributed by atoms with Crippen molar-refractivity contribution in [2.24, 2.45) is 5.10 Å². The van der Waals surface area contributed by atoms with Gasteiger partial charge in [-0.15, -0.1) is 0 Å². The maximum absolute atomic E-state index is 12.7. The number of allylic oxidation sites excluding steroid dienone is 1. The molecule has 1 aliphatic rings. The molecule has 1 amide bonds. The predicted octanol–water partition coefficient (Wildman–Crippen LogP) is 2.89. The van der Waals surface area contributed by atoms with E-state index < -0.39 is 23.9 Å². The Morgan fingerprint density at radius 3 is 2.59 bits per heavy atom. The minimum atomic E-state index is -0.645. The Morgan fingerprint density at radius 2 is 1.88 bits per heavy atom. The number of hydrogen-bond donors (Lipinski definition) is 3. The van der Waals surface area contributed by atoms with Gasteiger partial charge in [0.1, 0.15) is 5.75 Å². The second kappa shape index (κ2) is 15.0. The van der Waals surface area contributed by atoms with E-state index in [2.05, 4.69) is 41.8 Å². The normalized spacial score (nSPS) is 14.6. The first kappa shape index (κ1) is 31.4. The fourth-order valence-electron chi connectivity index (χ4n) is 3.76. The van der Waals surface area contributed by atoms with Gasteiger partial charge in [0.05, 0.1) is 43.1 Å². The van der Waals surface area contributed by atoms with Gasteiger partial charge in [-0.1, -0.05) is 18.2 Å². The number of carbonyl (C=O) groups excluding carboxylic acids is 3. The standard InChI is InChI=1S/C27H29BrN4O8S/c1-5-38-26(35)23-15(2)30-27(41)31-24(23)17-8-6-7-9-19(17)39-13-21(33)32-29-12-16-10-18(28)25(20(11-16)36-3)40-14-22(34)37-4/h6-12,24H,5,13-14H2,1-4H3,(H,32,33)(H2,30,31,41)/t24-/m1/s1. The Labute approximate surface area is 250 Å². The van der Waals surface area contributed by atoms with Crippen LogP contribution in [-0.4, -0.2) is 63.2 Å². The second-order valence-corrected chi connectivity index (χ2v) is 9.57. The maximum Gasteiger partial charge on any atom is 0.343 e. The van der Waals surface area contributed by atoms with E-state index in [-0.39, 0.29) is 19.8 Å². The Kier molecular flexibility index (Phi) is 11.5. The number of halogens is 1. The van der Waals surface area contributed by atoms with Crippen molar-refractivity contribution in [3.8, 4) is 17.2 Å². The van der Waals surface area contributed by atoms with Crippen LogP contribution in [0.15, 0.2) is 57.2 Å². The van der Waals surface area contributed by atoms with Crippen LogP contribution in [0.4, 0.5) is 0 Å². The fraction of sp³-hybridized carbons (Fsp3) is 0.296. The molecule has 1 atom stereocenters. The van der Waals surface area contributed by atoms with Crippen molar-refractivity contribution in [3.05, 3.63) is 63.3 Å². The van der Waals surface area contributed by atoms with E-state index in [0.717, 1.165) is 0 Å². The molecule has 2 aromatic carbocycles. The highest BCUT2D eigenvalue weighted by atomic mass is 79.9. The van der Waals surface area contributed by atoms with Gasteiger partial charge in [0, 0.05) is 11.3 Å². The monoisotopic (exact) mass is 648 g/mol. The summed E-state index contributed by atoms with van der Waals surface area (Å²) in [5, 5.41) is 10.3. The molecule has 0 radical (unpaired) electrons. The van der Waals surface area contributed by atoms with Gasteiger partial charge in [0.15, 0.2) is 29.8 Å². The minimum Gasteiger partial charge on any atom is -0.493 e. The molecule has 3 N–H and O–H groups in total. The largest absolute Gasteiger partial charge is 0.493 e. The molecule has 0 aliphatic carbocycles. The van der Waals surface area contributed by atoms with Crippen LogP contribution in [0.5, 0.6) is 17.2 Å². The van der Waals surface area contributed by atoms with Crippen molar-refractivity contribution in [2.75, 3.05) is 34.0 Å². The second-order valence-electron chi connectivity index (χ2n) is 8.31. The number of nitrogens with one attached hydrogen (secondary N) is 3. The van der Waals surface area contributed by atoms with Crippen molar-refractivity contribution in [1.82, 2.24) is 16.1 Å². The number of methoxy groups -OCH3 is 2. The minimum absolute atomic E-state index is 0.211. The molecular formula is C27H29BrN4O8S. The van der Waals surface area contributed by atoms with Crippen LogP contribution in [0.3, 0.4) is 0 Å². The highest BCUT2D eigenvalue weighted by Gasteiger charge is 2.32. The zero-order valence-corrected chi connectivity index (χ0v) is 25.1. The first-order chi connectivity index (χ1) is 19.7. The molecule has 0 fully saturated rings. The van der Waals surface area contributed by atoms with Crippen molar-refractivity contribution in [1.29, 1.82) is 0 Å². The topological polar surface area (TPSA) is 146 Å². The molecule has 3 rings (SSSR count). The zero-order chi connectivity index (χ0) is 29.9. The smallest absolute Gasteiger partial charge is 0.343 e. The molecule has 12 nitrogen and oxygen atoms in total. The molecule has 14 heteroatoms. The SMILES string of the molecule is CCOC(=O)C1=C(C)NC(=S)N[C@@H]1c1ccccc1OCC(=O)NN=Cc1cc(Br)c(OCC(=O)OC)c(OC)c1. The lowest BCUT2D eigenvalue weighted by Gasteiger charge is -2.30. The van der Waals surface area contributed by atoms with E-state index >= 15 is 0 Å². The summed E-state index contributed by atoms with van der Waals surface area (Å²) in [5.41, 5.74) is 4.50. The van der Waals surface area contributed by atoms with Crippen molar-refractivity contribution >= 4 is 57.3 Å². The number of hydrazone groups is 1. The molecule has 0 saturated heterocycles. The number of ether oxygens (including phenoxy) is 5. The number of hydrogen-bond acceptors (Lipinski definition) is 10. The first-order valence-corrected chi connectivity index (χ1v) is 13.4. The molecule has 0 aromatic heterocycles. The molecule has 41 heavy (non-hydrogen) atoms.